The number of hydrogen-bond acceptors (Lipinski definition) is 6. The number of ether oxygens (including phenoxy) is 3. The van der Waals surface area contributed by atoms with E-state index in [0.717, 1.165) is 5.56 Å². The Morgan fingerprint density at radius 1 is 1.38 bits per heavy atom. The van der Waals surface area contributed by atoms with Gasteiger partial charge < -0.3 is 14.2 Å². The summed E-state index contributed by atoms with van der Waals surface area (Å²) < 4.78 is 44.1. The van der Waals surface area contributed by atoms with Gasteiger partial charge in [0.1, 0.15) is 11.5 Å². The minimum absolute atomic E-state index is 0.0685. The lowest BCUT2D eigenvalue weighted by molar-refractivity contribution is -0.149. The van der Waals surface area contributed by atoms with Crippen molar-refractivity contribution in [1.29, 1.82) is 0 Å². The quantitative estimate of drug-likeness (QED) is 0.550. The Bertz CT molecular complexity index is 734. The molecule has 0 aliphatic carbocycles. The van der Waals surface area contributed by atoms with Gasteiger partial charge in [-0.1, -0.05) is 17.7 Å². The zero-order valence-electron chi connectivity index (χ0n) is 15.2. The van der Waals surface area contributed by atoms with E-state index in [-0.39, 0.29) is 18.1 Å². The van der Waals surface area contributed by atoms with Gasteiger partial charge in [-0.3, -0.25) is 4.79 Å². The van der Waals surface area contributed by atoms with Crippen LogP contribution in [0.3, 0.4) is 0 Å². The minimum Gasteiger partial charge on any atom is -0.465 e. The highest BCUT2D eigenvalue weighted by molar-refractivity contribution is 7.89. The second-order valence-electron chi connectivity index (χ2n) is 6.48. The molecule has 1 aliphatic rings. The van der Waals surface area contributed by atoms with Crippen molar-refractivity contribution in [2.75, 3.05) is 13.2 Å². The molecule has 1 fully saturated rings. The van der Waals surface area contributed by atoms with Crippen LogP contribution in [0.25, 0.3) is 0 Å². The summed E-state index contributed by atoms with van der Waals surface area (Å²) in [6.45, 7) is 7.13. The van der Waals surface area contributed by atoms with Gasteiger partial charge in [-0.15, -0.1) is 11.6 Å². The van der Waals surface area contributed by atoms with Gasteiger partial charge >= 0.3 is 5.97 Å². The number of esters is 1. The first-order valence-electron chi connectivity index (χ1n) is 8.27. The Morgan fingerprint density at radius 3 is 2.50 bits per heavy atom. The van der Waals surface area contributed by atoms with Gasteiger partial charge in [0.05, 0.1) is 24.2 Å². The molecule has 26 heavy (non-hydrogen) atoms. The number of nitrogens with one attached hydrogen (secondary N) is 1. The predicted octanol–water partition coefficient (Wildman–Crippen LogP) is 1.96. The van der Waals surface area contributed by atoms with Crippen molar-refractivity contribution in [3.8, 4) is 0 Å². The van der Waals surface area contributed by atoms with Crippen molar-refractivity contribution in [3.05, 3.63) is 29.8 Å². The highest BCUT2D eigenvalue weighted by Gasteiger charge is 2.44. The van der Waals surface area contributed by atoms with Crippen molar-refractivity contribution >= 4 is 27.6 Å². The first kappa shape index (κ1) is 21.1. The average Bonchev–Trinajstić information content (AvgIpc) is 2.92. The average molecular weight is 406 g/mol. The summed E-state index contributed by atoms with van der Waals surface area (Å²) in [6, 6.07) is 5.29. The molecule has 0 saturated carbocycles. The Kier molecular flexibility index (Phi) is 6.68. The summed E-state index contributed by atoms with van der Waals surface area (Å²) >= 11 is 6.23. The minimum atomic E-state index is -3.92. The number of aryl methyl sites for hydroxylation is 1. The maximum absolute atomic E-state index is 12.7. The molecule has 0 spiro atoms. The lowest BCUT2D eigenvalue weighted by Crippen LogP contribution is -2.53. The molecule has 3 atom stereocenters. The molecule has 0 bridgehead atoms. The van der Waals surface area contributed by atoms with Gasteiger partial charge in [0.15, 0.2) is 5.79 Å². The molecule has 0 unspecified atom stereocenters. The maximum Gasteiger partial charge on any atom is 0.325 e. The van der Waals surface area contributed by atoms with Gasteiger partial charge in [0.2, 0.25) is 10.0 Å². The SMILES string of the molecule is CCOC(=O)[C@@H](Cl)[C@@H](NS(=O)(=O)c1ccc(C)cc1)[C@H]1COC(C)(C)O1. The third kappa shape index (κ3) is 5.17. The monoisotopic (exact) mass is 405 g/mol. The fraction of sp³-hybridized carbons (Fsp3) is 0.588. The number of rotatable bonds is 7. The van der Waals surface area contributed by atoms with Crippen LogP contribution in [-0.2, 0) is 29.0 Å². The number of sulfonamides is 1. The molecule has 1 aliphatic heterocycles. The van der Waals surface area contributed by atoms with Crippen LogP contribution in [0.2, 0.25) is 0 Å². The summed E-state index contributed by atoms with van der Waals surface area (Å²) in [5.41, 5.74) is 0.927. The van der Waals surface area contributed by atoms with Crippen LogP contribution in [0.5, 0.6) is 0 Å². The number of halogens is 1. The molecular formula is C17H24ClNO6S. The molecule has 1 N–H and O–H groups in total. The third-order valence-electron chi connectivity index (χ3n) is 3.88. The molecule has 9 heteroatoms. The molecule has 1 aromatic rings. The Balaban J connectivity index is 2.28. The number of carbonyl (C=O) groups excluding carboxylic acids is 1. The number of hydrogen-bond donors (Lipinski definition) is 1. The van der Waals surface area contributed by atoms with E-state index in [1.54, 1.807) is 32.9 Å². The van der Waals surface area contributed by atoms with Gasteiger partial charge in [-0.25, -0.2) is 13.1 Å². The second kappa shape index (κ2) is 8.22. The fourth-order valence-electron chi connectivity index (χ4n) is 2.55. The molecule has 0 aromatic heterocycles. The van der Waals surface area contributed by atoms with Gasteiger partial charge in [0, 0.05) is 0 Å². The first-order valence-corrected chi connectivity index (χ1v) is 10.2. The van der Waals surface area contributed by atoms with Crippen LogP contribution in [0.4, 0.5) is 0 Å². The first-order chi connectivity index (χ1) is 12.1. The summed E-state index contributed by atoms with van der Waals surface area (Å²) in [4.78, 5) is 12.2. The number of carbonyl (C=O) groups is 1. The molecule has 146 valence electrons. The molecule has 1 saturated heterocycles. The smallest absolute Gasteiger partial charge is 0.325 e. The standard InChI is InChI=1S/C17H24ClNO6S/c1-5-23-16(20)14(18)15(13-10-24-17(3,4)25-13)19-26(21,22)12-8-6-11(2)7-9-12/h6-9,13-15,19H,5,10H2,1-4H3/t13-,14+,15+/m1/s1. The number of benzene rings is 1. The van der Waals surface area contributed by atoms with Crippen LogP contribution < -0.4 is 4.72 Å². The van der Waals surface area contributed by atoms with Crippen molar-refractivity contribution < 1.29 is 27.4 Å². The van der Waals surface area contributed by atoms with Crippen LogP contribution >= 0.6 is 11.6 Å². The van der Waals surface area contributed by atoms with Gasteiger partial charge in [-0.05, 0) is 39.8 Å². The van der Waals surface area contributed by atoms with Crippen molar-refractivity contribution in [1.82, 2.24) is 4.72 Å². The molecule has 2 rings (SSSR count). The molecule has 1 aromatic carbocycles. The highest BCUT2D eigenvalue weighted by Crippen LogP contribution is 2.28. The molecule has 0 radical (unpaired) electrons. The zero-order valence-corrected chi connectivity index (χ0v) is 16.8. The van der Waals surface area contributed by atoms with E-state index in [1.165, 1.54) is 12.1 Å². The maximum atomic E-state index is 12.7. The van der Waals surface area contributed by atoms with E-state index in [1.807, 2.05) is 6.92 Å². The van der Waals surface area contributed by atoms with Gasteiger partial charge in [-0.2, -0.15) is 0 Å². The van der Waals surface area contributed by atoms with E-state index < -0.39 is 39.3 Å². The molecule has 7 nitrogen and oxygen atoms in total. The normalized spacial score (nSPS) is 22.0. The topological polar surface area (TPSA) is 90.9 Å². The van der Waals surface area contributed by atoms with E-state index in [2.05, 4.69) is 4.72 Å². The van der Waals surface area contributed by atoms with Crippen LogP contribution in [0, 0.1) is 6.92 Å². The Hall–Kier alpha value is -1.19. The molecular weight excluding hydrogens is 382 g/mol. The summed E-state index contributed by atoms with van der Waals surface area (Å²) in [6.07, 6.45) is -0.739. The third-order valence-corrected chi connectivity index (χ3v) is 5.81. The zero-order chi connectivity index (χ0) is 19.5. The lowest BCUT2D eigenvalue weighted by Gasteiger charge is -2.27. The van der Waals surface area contributed by atoms with E-state index >= 15 is 0 Å². The van der Waals surface area contributed by atoms with Gasteiger partial charge in [0.25, 0.3) is 0 Å². The van der Waals surface area contributed by atoms with Crippen molar-refractivity contribution in [2.45, 2.75) is 55.9 Å². The van der Waals surface area contributed by atoms with Crippen LogP contribution in [0.1, 0.15) is 26.3 Å². The van der Waals surface area contributed by atoms with Crippen molar-refractivity contribution in [2.24, 2.45) is 0 Å². The summed E-state index contributed by atoms with van der Waals surface area (Å²) in [5.74, 6) is -1.62. The van der Waals surface area contributed by atoms with E-state index in [0.29, 0.717) is 0 Å². The van der Waals surface area contributed by atoms with Crippen molar-refractivity contribution in [3.63, 3.8) is 0 Å². The second-order valence-corrected chi connectivity index (χ2v) is 8.67. The van der Waals surface area contributed by atoms with E-state index in [4.69, 9.17) is 25.8 Å². The van der Waals surface area contributed by atoms with E-state index in [9.17, 15) is 13.2 Å². The highest BCUT2D eigenvalue weighted by atomic mass is 35.5. The lowest BCUT2D eigenvalue weighted by atomic mass is 10.1. The van der Waals surface area contributed by atoms with Crippen LogP contribution in [-0.4, -0.2) is 50.9 Å². The molecule has 1 heterocycles. The largest absolute Gasteiger partial charge is 0.465 e. The fourth-order valence-corrected chi connectivity index (χ4v) is 4.19. The number of alkyl halides is 1. The summed E-state index contributed by atoms with van der Waals surface area (Å²) in [5, 5.41) is -1.27. The van der Waals surface area contributed by atoms with Crippen LogP contribution in [0.15, 0.2) is 29.2 Å². The Labute approximate surface area is 159 Å². The predicted molar refractivity (Wildman–Crippen MR) is 96.5 cm³/mol. The summed E-state index contributed by atoms with van der Waals surface area (Å²) in [7, 11) is -3.92. The Morgan fingerprint density at radius 2 is 2.00 bits per heavy atom. The molecule has 0 amide bonds.